The van der Waals surface area contributed by atoms with Crippen molar-refractivity contribution in [3.8, 4) is 11.5 Å². The van der Waals surface area contributed by atoms with Gasteiger partial charge in [-0.1, -0.05) is 0 Å². The van der Waals surface area contributed by atoms with E-state index < -0.39 is 10.0 Å². The maximum absolute atomic E-state index is 13.0. The van der Waals surface area contributed by atoms with Gasteiger partial charge in [0.05, 0.1) is 24.3 Å². The van der Waals surface area contributed by atoms with E-state index in [-0.39, 0.29) is 16.7 Å². The Kier molecular flexibility index (Phi) is 5.60. The summed E-state index contributed by atoms with van der Waals surface area (Å²) >= 11 is 0. The van der Waals surface area contributed by atoms with Crippen molar-refractivity contribution in [1.82, 2.24) is 0 Å². The van der Waals surface area contributed by atoms with Crippen LogP contribution in [0.5, 0.6) is 11.5 Å². The normalized spacial score (nSPS) is 16.0. The molecule has 4 rings (SSSR count). The van der Waals surface area contributed by atoms with Gasteiger partial charge in [-0.3, -0.25) is 9.52 Å². The number of hydrogen-bond donors (Lipinski definition) is 1. The molecule has 0 saturated heterocycles. The van der Waals surface area contributed by atoms with Gasteiger partial charge in [-0.15, -0.1) is 0 Å². The van der Waals surface area contributed by atoms with Crippen LogP contribution >= 0.6 is 0 Å². The Balaban J connectivity index is 1.66. The standard InChI is InChI=1S/C22H26N2O5S/c1-3-29-17-8-10-18(11-9-17)30(26,27)23-19-14-20-16(13-21(19)28-2)5-4-12-24(20)22(25)15-6-7-15/h8-11,13-15,23H,3-7,12H2,1-2H3. The molecule has 8 heteroatoms. The lowest BCUT2D eigenvalue weighted by Gasteiger charge is -2.31. The van der Waals surface area contributed by atoms with Gasteiger partial charge in [0.1, 0.15) is 11.5 Å². The molecule has 1 saturated carbocycles. The van der Waals surface area contributed by atoms with Crippen LogP contribution in [0.15, 0.2) is 41.3 Å². The number of ether oxygens (including phenoxy) is 2. The summed E-state index contributed by atoms with van der Waals surface area (Å²) in [6, 6.07) is 9.80. The van der Waals surface area contributed by atoms with Crippen LogP contribution in [0, 0.1) is 5.92 Å². The molecule has 0 spiro atoms. The number of amides is 1. The number of anilines is 2. The largest absolute Gasteiger partial charge is 0.495 e. The number of benzene rings is 2. The van der Waals surface area contributed by atoms with Gasteiger partial charge in [0, 0.05) is 18.2 Å². The van der Waals surface area contributed by atoms with Crippen LogP contribution in [0.2, 0.25) is 0 Å². The maximum atomic E-state index is 13.0. The van der Waals surface area contributed by atoms with Crippen molar-refractivity contribution < 1.29 is 22.7 Å². The molecule has 0 bridgehead atoms. The van der Waals surface area contributed by atoms with Gasteiger partial charge in [-0.2, -0.15) is 0 Å². The molecule has 2 aliphatic rings. The van der Waals surface area contributed by atoms with Gasteiger partial charge in [0.25, 0.3) is 10.0 Å². The molecule has 30 heavy (non-hydrogen) atoms. The van der Waals surface area contributed by atoms with Crippen LogP contribution < -0.4 is 19.1 Å². The van der Waals surface area contributed by atoms with Gasteiger partial charge in [-0.05, 0) is 74.6 Å². The van der Waals surface area contributed by atoms with Gasteiger partial charge in [0.2, 0.25) is 5.91 Å². The number of carbonyl (C=O) groups is 1. The molecular weight excluding hydrogens is 404 g/mol. The van der Waals surface area contributed by atoms with E-state index >= 15 is 0 Å². The average Bonchev–Trinajstić information content (AvgIpc) is 3.58. The predicted molar refractivity (Wildman–Crippen MR) is 115 cm³/mol. The fourth-order valence-corrected chi connectivity index (χ4v) is 4.78. The quantitative estimate of drug-likeness (QED) is 0.726. The molecule has 2 aromatic rings. The van der Waals surface area contributed by atoms with Crippen molar-refractivity contribution in [1.29, 1.82) is 0 Å². The van der Waals surface area contributed by atoms with E-state index in [0.29, 0.717) is 30.3 Å². The summed E-state index contributed by atoms with van der Waals surface area (Å²) in [6.45, 7) is 3.03. The Morgan fingerprint density at radius 2 is 1.93 bits per heavy atom. The van der Waals surface area contributed by atoms with E-state index in [1.165, 1.54) is 19.2 Å². The second-order valence-corrected chi connectivity index (χ2v) is 9.24. The Morgan fingerprint density at radius 1 is 1.20 bits per heavy atom. The predicted octanol–water partition coefficient (Wildman–Crippen LogP) is 3.58. The highest BCUT2D eigenvalue weighted by molar-refractivity contribution is 7.92. The first-order chi connectivity index (χ1) is 14.4. The molecule has 1 heterocycles. The first-order valence-electron chi connectivity index (χ1n) is 10.2. The summed E-state index contributed by atoms with van der Waals surface area (Å²) in [7, 11) is -2.33. The highest BCUT2D eigenvalue weighted by atomic mass is 32.2. The average molecular weight is 431 g/mol. The van der Waals surface area contributed by atoms with Crippen molar-refractivity contribution in [2.24, 2.45) is 5.92 Å². The minimum atomic E-state index is -3.83. The molecule has 1 aliphatic carbocycles. The number of rotatable bonds is 7. The van der Waals surface area contributed by atoms with Crippen LogP contribution in [0.25, 0.3) is 0 Å². The monoisotopic (exact) mass is 430 g/mol. The first-order valence-corrected chi connectivity index (χ1v) is 11.7. The van der Waals surface area contributed by atoms with Gasteiger partial charge in [0.15, 0.2) is 0 Å². The van der Waals surface area contributed by atoms with E-state index in [4.69, 9.17) is 9.47 Å². The van der Waals surface area contributed by atoms with Crippen LogP contribution in [-0.2, 0) is 21.2 Å². The third-order valence-corrected chi connectivity index (χ3v) is 6.78. The number of fused-ring (bicyclic) bond motifs is 1. The minimum Gasteiger partial charge on any atom is -0.495 e. The summed E-state index contributed by atoms with van der Waals surface area (Å²) in [6.07, 6.45) is 3.56. The van der Waals surface area contributed by atoms with Crippen molar-refractivity contribution in [3.63, 3.8) is 0 Å². The summed E-state index contributed by atoms with van der Waals surface area (Å²) in [5.41, 5.74) is 2.08. The van der Waals surface area contributed by atoms with Crippen LogP contribution in [0.1, 0.15) is 31.7 Å². The Labute approximate surface area is 177 Å². The second kappa shape index (κ2) is 8.18. The summed E-state index contributed by atoms with van der Waals surface area (Å²) in [4.78, 5) is 14.6. The van der Waals surface area contributed by atoms with E-state index in [1.807, 2.05) is 13.0 Å². The SMILES string of the molecule is CCOc1ccc(S(=O)(=O)Nc2cc3c(cc2OC)CCCN3C(=O)C2CC2)cc1. The third-order valence-electron chi connectivity index (χ3n) is 5.40. The lowest BCUT2D eigenvalue weighted by atomic mass is 10.00. The van der Waals surface area contributed by atoms with Gasteiger partial charge < -0.3 is 14.4 Å². The molecule has 1 amide bonds. The molecule has 1 aliphatic heterocycles. The van der Waals surface area contributed by atoms with Crippen molar-refractivity contribution in [3.05, 3.63) is 42.0 Å². The fourth-order valence-electron chi connectivity index (χ4n) is 3.72. The lowest BCUT2D eigenvalue weighted by molar-refractivity contribution is -0.119. The number of hydrogen-bond acceptors (Lipinski definition) is 5. The first kappa shape index (κ1) is 20.5. The molecule has 2 aromatic carbocycles. The summed E-state index contributed by atoms with van der Waals surface area (Å²) < 4.78 is 39.4. The minimum absolute atomic E-state index is 0.0991. The number of nitrogens with one attached hydrogen (secondary N) is 1. The van der Waals surface area contributed by atoms with Gasteiger partial charge in [-0.25, -0.2) is 8.42 Å². The molecule has 0 aromatic heterocycles. The number of methoxy groups -OCH3 is 1. The number of nitrogens with zero attached hydrogens (tertiary/aromatic N) is 1. The zero-order chi connectivity index (χ0) is 21.3. The molecule has 0 unspecified atom stereocenters. The lowest BCUT2D eigenvalue weighted by Crippen LogP contribution is -2.36. The van der Waals surface area contributed by atoms with E-state index in [0.717, 1.165) is 36.9 Å². The number of aryl methyl sites for hydroxylation is 1. The molecule has 1 fully saturated rings. The van der Waals surface area contributed by atoms with E-state index in [2.05, 4.69) is 4.72 Å². The fraction of sp³-hybridized carbons (Fsp3) is 0.409. The second-order valence-electron chi connectivity index (χ2n) is 7.56. The topological polar surface area (TPSA) is 84.9 Å². The van der Waals surface area contributed by atoms with Crippen molar-refractivity contribution in [2.75, 3.05) is 29.9 Å². The summed E-state index contributed by atoms with van der Waals surface area (Å²) in [5.74, 6) is 1.27. The van der Waals surface area contributed by atoms with Crippen LogP contribution in [0.4, 0.5) is 11.4 Å². The van der Waals surface area contributed by atoms with Crippen molar-refractivity contribution >= 4 is 27.3 Å². The smallest absolute Gasteiger partial charge is 0.262 e. The zero-order valence-corrected chi connectivity index (χ0v) is 18.0. The van der Waals surface area contributed by atoms with Crippen molar-refractivity contribution in [2.45, 2.75) is 37.5 Å². The maximum Gasteiger partial charge on any atom is 0.262 e. The Hall–Kier alpha value is -2.74. The van der Waals surface area contributed by atoms with Crippen LogP contribution in [0.3, 0.4) is 0 Å². The molecule has 0 atom stereocenters. The highest BCUT2D eigenvalue weighted by Crippen LogP contribution is 2.40. The molecular formula is C22H26N2O5S. The zero-order valence-electron chi connectivity index (χ0n) is 17.2. The van der Waals surface area contributed by atoms with E-state index in [1.54, 1.807) is 23.1 Å². The Bertz CT molecular complexity index is 1050. The Morgan fingerprint density at radius 3 is 2.57 bits per heavy atom. The van der Waals surface area contributed by atoms with Crippen LogP contribution in [-0.4, -0.2) is 34.6 Å². The van der Waals surface area contributed by atoms with Gasteiger partial charge >= 0.3 is 0 Å². The molecule has 1 N–H and O–H groups in total. The molecule has 7 nitrogen and oxygen atoms in total. The number of carbonyl (C=O) groups excluding carboxylic acids is 1. The summed E-state index contributed by atoms with van der Waals surface area (Å²) in [5, 5.41) is 0. The third kappa shape index (κ3) is 4.09. The van der Waals surface area contributed by atoms with E-state index in [9.17, 15) is 13.2 Å². The number of sulfonamides is 1. The highest BCUT2D eigenvalue weighted by Gasteiger charge is 2.36. The molecule has 0 radical (unpaired) electrons. The molecule has 160 valence electrons.